The fourth-order valence-electron chi connectivity index (χ4n) is 0.990. The molecule has 15 heavy (non-hydrogen) atoms. The lowest BCUT2D eigenvalue weighted by molar-refractivity contribution is 0.204. The molecule has 0 amide bonds. The zero-order valence-corrected chi connectivity index (χ0v) is 10.00. The van der Waals surface area contributed by atoms with E-state index in [1.165, 1.54) is 7.11 Å². The highest BCUT2D eigenvalue weighted by atomic mass is 32.2. The van der Waals surface area contributed by atoms with Crippen molar-refractivity contribution in [3.8, 4) is 0 Å². The Morgan fingerprint density at radius 2 is 2.20 bits per heavy atom. The summed E-state index contributed by atoms with van der Waals surface area (Å²) in [5.41, 5.74) is 0.356. The predicted octanol–water partition coefficient (Wildman–Crippen LogP) is -0.330. The van der Waals surface area contributed by atoms with Crippen LogP contribution in [0.15, 0.2) is 9.00 Å². The first-order valence-corrected chi connectivity index (χ1v) is 6.45. The number of hydrogen-bond acceptors (Lipinski definition) is 5. The van der Waals surface area contributed by atoms with Crippen molar-refractivity contribution in [1.29, 1.82) is 0 Å². The number of sulfonamides is 1. The highest BCUT2D eigenvalue weighted by Gasteiger charge is 2.19. The number of aryl methyl sites for hydroxylation is 1. The predicted molar refractivity (Wildman–Crippen MR) is 56.7 cm³/mol. The number of aromatic nitrogens is 1. The van der Waals surface area contributed by atoms with Gasteiger partial charge in [-0.2, -0.15) is 0 Å². The van der Waals surface area contributed by atoms with E-state index in [0.717, 1.165) is 0 Å². The fraction of sp³-hybridized carbons (Fsp3) is 0.571. The molecule has 1 heterocycles. The van der Waals surface area contributed by atoms with Crippen molar-refractivity contribution in [2.24, 2.45) is 0 Å². The lowest BCUT2D eigenvalue weighted by atomic mass is 10.6. The molecule has 0 saturated heterocycles. The van der Waals surface area contributed by atoms with Gasteiger partial charge in [-0.3, -0.25) is 4.79 Å². The number of methoxy groups -OCH3 is 1. The Kier molecular flexibility index (Phi) is 4.03. The van der Waals surface area contributed by atoms with Crippen LogP contribution in [0.1, 0.15) is 5.69 Å². The fourth-order valence-corrected chi connectivity index (χ4v) is 3.35. The summed E-state index contributed by atoms with van der Waals surface area (Å²) >= 11 is 0.677. The van der Waals surface area contributed by atoms with E-state index >= 15 is 0 Å². The van der Waals surface area contributed by atoms with Crippen LogP contribution in [-0.2, 0) is 14.8 Å². The van der Waals surface area contributed by atoms with Crippen LogP contribution in [-0.4, -0.2) is 33.7 Å². The van der Waals surface area contributed by atoms with Gasteiger partial charge in [-0.25, -0.2) is 13.1 Å². The van der Waals surface area contributed by atoms with Gasteiger partial charge in [-0.05, 0) is 6.92 Å². The third kappa shape index (κ3) is 3.13. The van der Waals surface area contributed by atoms with Crippen LogP contribution in [0.2, 0.25) is 0 Å². The van der Waals surface area contributed by atoms with Crippen LogP contribution in [0.25, 0.3) is 0 Å². The van der Waals surface area contributed by atoms with E-state index in [9.17, 15) is 13.2 Å². The molecule has 0 spiro atoms. The maximum absolute atomic E-state index is 11.6. The Bertz CT molecular complexity index is 473. The van der Waals surface area contributed by atoms with Gasteiger partial charge in [-0.1, -0.05) is 11.3 Å². The van der Waals surface area contributed by atoms with Crippen LogP contribution < -0.4 is 9.60 Å². The quantitative estimate of drug-likeness (QED) is 0.702. The summed E-state index contributed by atoms with van der Waals surface area (Å²) in [6.45, 7) is 2.02. The second kappa shape index (κ2) is 4.88. The Hall–Kier alpha value is -0.700. The third-order valence-electron chi connectivity index (χ3n) is 1.62. The first-order chi connectivity index (χ1) is 6.97. The number of H-pyrrole nitrogens is 1. The average molecular weight is 252 g/mol. The topological polar surface area (TPSA) is 88.3 Å². The summed E-state index contributed by atoms with van der Waals surface area (Å²) in [4.78, 5) is 13.0. The van der Waals surface area contributed by atoms with Crippen LogP contribution in [0.4, 0.5) is 0 Å². The molecule has 1 rings (SSSR count). The van der Waals surface area contributed by atoms with Gasteiger partial charge in [-0.15, -0.1) is 0 Å². The molecule has 0 aliphatic rings. The van der Waals surface area contributed by atoms with Crippen molar-refractivity contribution < 1.29 is 13.2 Å². The van der Waals surface area contributed by atoms with E-state index in [-0.39, 0.29) is 22.2 Å². The van der Waals surface area contributed by atoms with Crippen LogP contribution >= 0.6 is 11.3 Å². The Morgan fingerprint density at radius 3 is 2.67 bits per heavy atom. The maximum Gasteiger partial charge on any atom is 0.305 e. The summed E-state index contributed by atoms with van der Waals surface area (Å²) in [5.74, 6) is 0. The SMILES string of the molecule is COCCNS(=O)(=O)c1sc(=O)[nH]c1C. The highest BCUT2D eigenvalue weighted by molar-refractivity contribution is 7.91. The van der Waals surface area contributed by atoms with E-state index in [4.69, 9.17) is 4.74 Å². The molecule has 0 radical (unpaired) electrons. The van der Waals surface area contributed by atoms with Crippen LogP contribution in [0, 0.1) is 6.92 Å². The minimum atomic E-state index is -3.59. The Morgan fingerprint density at radius 1 is 1.53 bits per heavy atom. The van der Waals surface area contributed by atoms with Crippen molar-refractivity contribution >= 4 is 21.4 Å². The molecule has 0 bridgehead atoms. The monoisotopic (exact) mass is 252 g/mol. The van der Waals surface area contributed by atoms with Gasteiger partial charge < -0.3 is 9.72 Å². The maximum atomic E-state index is 11.6. The molecule has 1 aromatic rings. The average Bonchev–Trinajstić information content (AvgIpc) is 2.46. The second-order valence-corrected chi connectivity index (χ2v) is 5.76. The molecule has 0 saturated carbocycles. The summed E-state index contributed by atoms with van der Waals surface area (Å²) in [5, 5.41) is 0. The Balaban J connectivity index is 2.87. The number of rotatable bonds is 5. The molecule has 0 atom stereocenters. The van der Waals surface area contributed by atoms with E-state index in [2.05, 4.69) is 9.71 Å². The minimum absolute atomic E-state index is 0.0311. The summed E-state index contributed by atoms with van der Waals surface area (Å²) < 4.78 is 30.3. The van der Waals surface area contributed by atoms with Crippen molar-refractivity contribution in [2.75, 3.05) is 20.3 Å². The standard InChI is InChI=1S/C7H12N2O4S2/c1-5-6(14-7(10)9-5)15(11,12)8-3-4-13-2/h8H,3-4H2,1-2H3,(H,9,10). The van der Waals surface area contributed by atoms with Crippen molar-refractivity contribution in [3.63, 3.8) is 0 Å². The molecule has 0 aliphatic carbocycles. The number of thiazole rings is 1. The molecule has 0 aliphatic heterocycles. The zero-order chi connectivity index (χ0) is 11.5. The van der Waals surface area contributed by atoms with Crippen molar-refractivity contribution in [3.05, 3.63) is 15.4 Å². The van der Waals surface area contributed by atoms with Gasteiger partial charge in [0.15, 0.2) is 4.21 Å². The number of hydrogen-bond donors (Lipinski definition) is 2. The van der Waals surface area contributed by atoms with Crippen molar-refractivity contribution in [2.45, 2.75) is 11.1 Å². The van der Waals surface area contributed by atoms with Gasteiger partial charge in [0.1, 0.15) is 0 Å². The van der Waals surface area contributed by atoms with E-state index in [0.29, 0.717) is 17.0 Å². The Labute approximate surface area is 91.3 Å². The van der Waals surface area contributed by atoms with Gasteiger partial charge >= 0.3 is 4.87 Å². The molecule has 6 nitrogen and oxygen atoms in total. The molecule has 86 valence electrons. The smallest absolute Gasteiger partial charge is 0.305 e. The van der Waals surface area contributed by atoms with Gasteiger partial charge in [0, 0.05) is 19.3 Å². The molecule has 8 heteroatoms. The number of aromatic amines is 1. The van der Waals surface area contributed by atoms with Gasteiger partial charge in [0.2, 0.25) is 0 Å². The first kappa shape index (κ1) is 12.4. The molecule has 0 unspecified atom stereocenters. The third-order valence-corrected chi connectivity index (χ3v) is 4.69. The van der Waals surface area contributed by atoms with Gasteiger partial charge in [0.05, 0.1) is 6.61 Å². The van der Waals surface area contributed by atoms with E-state index in [1.807, 2.05) is 0 Å². The lowest BCUT2D eigenvalue weighted by Gasteiger charge is -2.03. The second-order valence-electron chi connectivity index (χ2n) is 2.82. The molecule has 0 fully saturated rings. The van der Waals surface area contributed by atoms with Gasteiger partial charge in [0.25, 0.3) is 10.0 Å². The largest absolute Gasteiger partial charge is 0.383 e. The highest BCUT2D eigenvalue weighted by Crippen LogP contribution is 2.14. The normalized spacial score (nSPS) is 11.9. The molecular formula is C7H12N2O4S2. The number of nitrogens with one attached hydrogen (secondary N) is 2. The van der Waals surface area contributed by atoms with E-state index < -0.39 is 10.0 Å². The zero-order valence-electron chi connectivity index (χ0n) is 8.36. The van der Waals surface area contributed by atoms with Crippen LogP contribution in [0.3, 0.4) is 0 Å². The number of ether oxygens (including phenoxy) is 1. The van der Waals surface area contributed by atoms with E-state index in [1.54, 1.807) is 6.92 Å². The minimum Gasteiger partial charge on any atom is -0.383 e. The summed E-state index contributed by atoms with van der Waals surface area (Å²) in [6.07, 6.45) is 0. The molecule has 2 N–H and O–H groups in total. The molecule has 1 aromatic heterocycles. The van der Waals surface area contributed by atoms with Crippen molar-refractivity contribution in [1.82, 2.24) is 9.71 Å². The molecular weight excluding hydrogens is 240 g/mol. The summed E-state index contributed by atoms with van der Waals surface area (Å²) in [6, 6.07) is 0. The van der Waals surface area contributed by atoms with Crippen LogP contribution in [0.5, 0.6) is 0 Å². The first-order valence-electron chi connectivity index (χ1n) is 4.15. The lowest BCUT2D eigenvalue weighted by Crippen LogP contribution is -2.27. The molecule has 0 aromatic carbocycles. The summed E-state index contributed by atoms with van der Waals surface area (Å²) in [7, 11) is -2.10.